The molecule has 4 heteroatoms. The highest BCUT2D eigenvalue weighted by atomic mass is 16.5. The van der Waals surface area contributed by atoms with Crippen molar-refractivity contribution in [1.82, 2.24) is 0 Å². The van der Waals surface area contributed by atoms with Crippen molar-refractivity contribution in [1.29, 1.82) is 0 Å². The first kappa shape index (κ1) is 17.7. The summed E-state index contributed by atoms with van der Waals surface area (Å²) in [6.07, 6.45) is 16.8. The lowest BCUT2D eigenvalue weighted by atomic mass is 10.0. The molecule has 28 heavy (non-hydrogen) atoms. The largest absolute Gasteiger partial charge is 0.497 e. The van der Waals surface area contributed by atoms with Crippen LogP contribution < -0.4 is 19.3 Å². The number of rotatable bonds is 4. The number of nitrogens with zero attached hydrogens (tertiary/aromatic N) is 2. The molecule has 140 valence electrons. The molecule has 0 unspecified atom stereocenters. The van der Waals surface area contributed by atoms with Crippen molar-refractivity contribution in [3.8, 4) is 11.5 Å². The van der Waals surface area contributed by atoms with E-state index in [1.165, 1.54) is 11.1 Å². The van der Waals surface area contributed by atoms with Gasteiger partial charge in [-0.1, -0.05) is 0 Å². The summed E-state index contributed by atoms with van der Waals surface area (Å²) in [5.74, 6) is 1.71. The summed E-state index contributed by atoms with van der Waals surface area (Å²) in [5.41, 5.74) is 4.54. The van der Waals surface area contributed by atoms with Crippen molar-refractivity contribution in [3.05, 3.63) is 109 Å². The lowest BCUT2D eigenvalue weighted by molar-refractivity contribution is 0.414. The minimum absolute atomic E-state index is 0.857. The summed E-state index contributed by atoms with van der Waals surface area (Å²) in [6.45, 7) is 0. The standard InChI is InChI=1S/C24H22N2O2/c1-27-23-7-3-21(4-8-23)25-15-11-19(12-16-25)20-13-17-26(18-14-20)22-5-9-24(28-2)10-6-22/h3-18H,1-2H3. The van der Waals surface area contributed by atoms with Crippen LogP contribution in [-0.4, -0.2) is 14.2 Å². The van der Waals surface area contributed by atoms with Crippen LogP contribution in [0.4, 0.5) is 11.4 Å². The number of ether oxygens (including phenoxy) is 2. The van der Waals surface area contributed by atoms with Crippen LogP contribution in [0.5, 0.6) is 11.5 Å². The van der Waals surface area contributed by atoms with E-state index in [9.17, 15) is 0 Å². The van der Waals surface area contributed by atoms with Gasteiger partial charge in [0.2, 0.25) is 0 Å². The van der Waals surface area contributed by atoms with Crippen molar-refractivity contribution in [2.24, 2.45) is 0 Å². The van der Waals surface area contributed by atoms with Crippen molar-refractivity contribution in [2.75, 3.05) is 24.0 Å². The number of benzene rings is 2. The van der Waals surface area contributed by atoms with Crippen molar-refractivity contribution in [2.45, 2.75) is 0 Å². The Morgan fingerprint density at radius 1 is 0.500 bits per heavy atom. The SMILES string of the molecule is COc1ccc(N2C=CC(=C3C=CN(c4ccc(OC)cc4)C=C3)C=C2)cc1. The zero-order valence-corrected chi connectivity index (χ0v) is 15.9. The molecule has 0 saturated carbocycles. The van der Waals surface area contributed by atoms with Gasteiger partial charge in [0.1, 0.15) is 11.5 Å². The monoisotopic (exact) mass is 370 g/mol. The van der Waals surface area contributed by atoms with E-state index in [4.69, 9.17) is 9.47 Å². The van der Waals surface area contributed by atoms with Crippen LogP contribution in [0.3, 0.4) is 0 Å². The maximum Gasteiger partial charge on any atom is 0.119 e. The molecule has 0 aromatic heterocycles. The van der Waals surface area contributed by atoms with Crippen molar-refractivity contribution < 1.29 is 9.47 Å². The molecule has 0 N–H and O–H groups in total. The van der Waals surface area contributed by atoms with Crippen LogP contribution in [0.1, 0.15) is 0 Å². The van der Waals surface area contributed by atoms with Gasteiger partial charge in [0.15, 0.2) is 0 Å². The molecule has 2 aromatic carbocycles. The molecule has 4 nitrogen and oxygen atoms in total. The average molecular weight is 370 g/mol. The number of methoxy groups -OCH3 is 2. The predicted molar refractivity (Wildman–Crippen MR) is 115 cm³/mol. The van der Waals surface area contributed by atoms with Gasteiger partial charge in [0.25, 0.3) is 0 Å². The third kappa shape index (κ3) is 3.71. The van der Waals surface area contributed by atoms with E-state index in [1.807, 2.05) is 48.5 Å². The Kier molecular flexibility index (Phi) is 5.02. The molecule has 0 radical (unpaired) electrons. The fourth-order valence-corrected chi connectivity index (χ4v) is 3.09. The van der Waals surface area contributed by atoms with E-state index in [0.717, 1.165) is 22.9 Å². The van der Waals surface area contributed by atoms with Gasteiger partial charge in [-0.25, -0.2) is 0 Å². The van der Waals surface area contributed by atoms with Crippen LogP contribution in [0.25, 0.3) is 0 Å². The van der Waals surface area contributed by atoms with E-state index in [2.05, 4.69) is 58.9 Å². The Hall–Kier alpha value is -3.66. The van der Waals surface area contributed by atoms with Crippen molar-refractivity contribution >= 4 is 11.4 Å². The summed E-state index contributed by atoms with van der Waals surface area (Å²) in [5, 5.41) is 0. The molecule has 2 aromatic rings. The smallest absolute Gasteiger partial charge is 0.119 e. The quantitative estimate of drug-likeness (QED) is 0.720. The van der Waals surface area contributed by atoms with Crippen LogP contribution in [0.2, 0.25) is 0 Å². The summed E-state index contributed by atoms with van der Waals surface area (Å²) in [7, 11) is 3.35. The van der Waals surface area contributed by atoms with Gasteiger partial charge in [-0.05, 0) is 84.0 Å². The summed E-state index contributed by atoms with van der Waals surface area (Å²) >= 11 is 0. The second kappa shape index (κ2) is 7.92. The maximum atomic E-state index is 5.22. The fourth-order valence-electron chi connectivity index (χ4n) is 3.09. The molecule has 2 aliphatic rings. The first-order valence-electron chi connectivity index (χ1n) is 9.09. The molecule has 0 saturated heterocycles. The van der Waals surface area contributed by atoms with E-state index < -0.39 is 0 Å². The molecule has 0 atom stereocenters. The topological polar surface area (TPSA) is 24.9 Å². The number of hydrogen-bond acceptors (Lipinski definition) is 4. The molecular formula is C24H22N2O2. The van der Waals surface area contributed by atoms with Gasteiger partial charge >= 0.3 is 0 Å². The van der Waals surface area contributed by atoms with Gasteiger partial charge in [-0.2, -0.15) is 0 Å². The zero-order chi connectivity index (χ0) is 19.3. The minimum Gasteiger partial charge on any atom is -0.497 e. The third-order valence-electron chi connectivity index (χ3n) is 4.73. The van der Waals surface area contributed by atoms with Gasteiger partial charge in [-0.3, -0.25) is 0 Å². The zero-order valence-electron chi connectivity index (χ0n) is 15.9. The predicted octanol–water partition coefficient (Wildman–Crippen LogP) is 5.40. The molecule has 0 amide bonds. The first-order valence-corrected chi connectivity index (χ1v) is 9.09. The molecule has 0 fully saturated rings. The van der Waals surface area contributed by atoms with E-state index in [-0.39, 0.29) is 0 Å². The molecule has 4 rings (SSSR count). The lowest BCUT2D eigenvalue weighted by Gasteiger charge is -2.22. The van der Waals surface area contributed by atoms with E-state index >= 15 is 0 Å². The molecule has 2 heterocycles. The maximum absolute atomic E-state index is 5.22. The highest BCUT2D eigenvalue weighted by molar-refractivity contribution is 5.62. The van der Waals surface area contributed by atoms with Gasteiger partial charge in [0, 0.05) is 36.2 Å². The summed E-state index contributed by atoms with van der Waals surface area (Å²) < 4.78 is 10.4. The Labute approximate surface area is 165 Å². The van der Waals surface area contributed by atoms with E-state index in [0.29, 0.717) is 0 Å². The highest BCUT2D eigenvalue weighted by Crippen LogP contribution is 2.27. The Bertz CT molecular complexity index is 867. The number of anilines is 2. The number of allylic oxidation sites excluding steroid dienone is 6. The van der Waals surface area contributed by atoms with Gasteiger partial charge < -0.3 is 19.3 Å². The minimum atomic E-state index is 0.857. The average Bonchev–Trinajstić information content (AvgIpc) is 2.79. The summed E-state index contributed by atoms with van der Waals surface area (Å²) in [6, 6.07) is 16.0. The number of hydrogen-bond donors (Lipinski definition) is 0. The first-order chi connectivity index (χ1) is 13.8. The Morgan fingerprint density at radius 2 is 0.821 bits per heavy atom. The molecule has 0 bridgehead atoms. The third-order valence-corrected chi connectivity index (χ3v) is 4.73. The van der Waals surface area contributed by atoms with Gasteiger partial charge in [-0.15, -0.1) is 0 Å². The highest BCUT2D eigenvalue weighted by Gasteiger charge is 2.09. The molecule has 2 aliphatic heterocycles. The second-order valence-electron chi connectivity index (χ2n) is 6.38. The fraction of sp³-hybridized carbons (Fsp3) is 0.0833. The summed E-state index contributed by atoms with van der Waals surface area (Å²) in [4.78, 5) is 4.17. The van der Waals surface area contributed by atoms with Crippen LogP contribution in [-0.2, 0) is 0 Å². The van der Waals surface area contributed by atoms with Crippen molar-refractivity contribution in [3.63, 3.8) is 0 Å². The van der Waals surface area contributed by atoms with Crippen LogP contribution in [0.15, 0.2) is 109 Å². The molecular weight excluding hydrogens is 348 g/mol. The molecule has 0 spiro atoms. The van der Waals surface area contributed by atoms with E-state index in [1.54, 1.807) is 14.2 Å². The van der Waals surface area contributed by atoms with Crippen LogP contribution in [0, 0.1) is 0 Å². The molecule has 0 aliphatic carbocycles. The van der Waals surface area contributed by atoms with Gasteiger partial charge in [0.05, 0.1) is 14.2 Å². The Morgan fingerprint density at radius 3 is 1.11 bits per heavy atom. The lowest BCUT2D eigenvalue weighted by Crippen LogP contribution is -2.12. The normalized spacial score (nSPS) is 15.4. The van der Waals surface area contributed by atoms with Crippen LogP contribution >= 0.6 is 0 Å². The second-order valence-corrected chi connectivity index (χ2v) is 6.38. The Balaban J connectivity index is 1.46.